The van der Waals surface area contributed by atoms with E-state index in [0.717, 1.165) is 5.56 Å². The molecule has 0 bridgehead atoms. The van der Waals surface area contributed by atoms with Crippen molar-refractivity contribution in [3.8, 4) is 0 Å². The fourth-order valence-electron chi connectivity index (χ4n) is 1.90. The molecule has 1 rings (SSSR count). The lowest BCUT2D eigenvalue weighted by atomic mass is 10.2. The van der Waals surface area contributed by atoms with Gasteiger partial charge in [0, 0.05) is 30.1 Å². The molecule has 5 heteroatoms. The van der Waals surface area contributed by atoms with Crippen LogP contribution in [0.5, 0.6) is 0 Å². The van der Waals surface area contributed by atoms with E-state index in [1.807, 2.05) is 26.0 Å². The summed E-state index contributed by atoms with van der Waals surface area (Å²) < 4.78 is 0. The van der Waals surface area contributed by atoms with Gasteiger partial charge in [-0.05, 0) is 44.0 Å². The summed E-state index contributed by atoms with van der Waals surface area (Å²) in [5, 5.41) is 9.27. The summed E-state index contributed by atoms with van der Waals surface area (Å²) in [6, 6.07) is 7.25. The van der Waals surface area contributed by atoms with Crippen molar-refractivity contribution in [1.29, 1.82) is 0 Å². The Balaban J connectivity index is 2.66. The fraction of sp³-hybridized carbons (Fsp3) is 0.375. The molecule has 0 fully saturated rings. The van der Waals surface area contributed by atoms with Crippen molar-refractivity contribution >= 4 is 29.6 Å². The van der Waals surface area contributed by atoms with Crippen LogP contribution in [0.25, 0.3) is 6.08 Å². The summed E-state index contributed by atoms with van der Waals surface area (Å²) in [6.07, 6.45) is 3.71. The molecule has 0 aliphatic heterocycles. The van der Waals surface area contributed by atoms with E-state index in [9.17, 15) is 9.59 Å². The van der Waals surface area contributed by atoms with E-state index in [1.165, 1.54) is 6.08 Å². The molecule has 0 atom stereocenters. The Labute approximate surface area is 130 Å². The van der Waals surface area contributed by atoms with Gasteiger partial charge in [-0.3, -0.25) is 9.59 Å². The van der Waals surface area contributed by atoms with Crippen LogP contribution in [-0.2, 0) is 9.59 Å². The van der Waals surface area contributed by atoms with Gasteiger partial charge in [0.2, 0.25) is 5.91 Å². The quantitative estimate of drug-likeness (QED) is 0.785. The normalized spacial score (nSPS) is 11.0. The Morgan fingerprint density at radius 2 is 2.10 bits per heavy atom. The van der Waals surface area contributed by atoms with Crippen LogP contribution in [0.1, 0.15) is 32.3 Å². The molecule has 21 heavy (non-hydrogen) atoms. The number of hydrogen-bond donors (Lipinski definition) is 1. The third-order valence-corrected chi connectivity index (χ3v) is 3.20. The Bertz CT molecular complexity index is 526. The van der Waals surface area contributed by atoms with E-state index < -0.39 is 5.97 Å². The van der Waals surface area contributed by atoms with Gasteiger partial charge in [0.05, 0.1) is 0 Å². The van der Waals surface area contributed by atoms with Crippen molar-refractivity contribution in [2.24, 2.45) is 0 Å². The molecule has 0 heterocycles. The van der Waals surface area contributed by atoms with E-state index in [0.29, 0.717) is 18.0 Å². The number of carboxylic acid groups (broad SMARTS) is 1. The molecule has 0 unspecified atom stereocenters. The number of amides is 1. The topological polar surface area (TPSA) is 57.6 Å². The van der Waals surface area contributed by atoms with Gasteiger partial charge in [-0.1, -0.05) is 23.7 Å². The van der Waals surface area contributed by atoms with E-state index >= 15 is 0 Å². The standard InChI is InChI=1S/C16H20ClNO3/c1-12(2)18(10-4-7-16(20)21)15(19)9-8-13-5-3-6-14(17)11-13/h3,5-6,8-9,11-12H,4,7,10H2,1-2H3,(H,20,21)/b9-8+. The minimum Gasteiger partial charge on any atom is -0.481 e. The Kier molecular flexibility index (Phi) is 6.96. The van der Waals surface area contributed by atoms with E-state index in [-0.39, 0.29) is 18.4 Å². The summed E-state index contributed by atoms with van der Waals surface area (Å²) in [6.45, 7) is 4.25. The number of nitrogens with zero attached hydrogens (tertiary/aromatic N) is 1. The van der Waals surface area contributed by atoms with Crippen LogP contribution >= 0.6 is 11.6 Å². The average Bonchev–Trinajstić information content (AvgIpc) is 2.40. The zero-order valence-electron chi connectivity index (χ0n) is 12.3. The van der Waals surface area contributed by atoms with Gasteiger partial charge in [0.15, 0.2) is 0 Å². The maximum atomic E-state index is 12.2. The number of hydrogen-bond acceptors (Lipinski definition) is 2. The number of carboxylic acids is 1. The van der Waals surface area contributed by atoms with Crippen LogP contribution < -0.4 is 0 Å². The highest BCUT2D eigenvalue weighted by molar-refractivity contribution is 6.30. The predicted molar refractivity (Wildman–Crippen MR) is 84.2 cm³/mol. The molecule has 4 nitrogen and oxygen atoms in total. The van der Waals surface area contributed by atoms with Crippen LogP contribution in [0.4, 0.5) is 0 Å². The minimum absolute atomic E-state index is 0.0234. The van der Waals surface area contributed by atoms with Crippen LogP contribution in [0.2, 0.25) is 5.02 Å². The first kappa shape index (κ1) is 17.2. The highest BCUT2D eigenvalue weighted by Gasteiger charge is 2.14. The molecule has 1 amide bonds. The van der Waals surface area contributed by atoms with Gasteiger partial charge < -0.3 is 10.0 Å². The lowest BCUT2D eigenvalue weighted by Crippen LogP contribution is -2.36. The van der Waals surface area contributed by atoms with E-state index in [2.05, 4.69) is 0 Å². The monoisotopic (exact) mass is 309 g/mol. The Morgan fingerprint density at radius 3 is 2.67 bits per heavy atom. The number of halogens is 1. The first-order valence-corrected chi connectivity index (χ1v) is 7.24. The molecule has 114 valence electrons. The molecule has 0 radical (unpaired) electrons. The molecule has 0 aromatic heterocycles. The molecule has 0 aliphatic rings. The smallest absolute Gasteiger partial charge is 0.303 e. The first-order valence-electron chi connectivity index (χ1n) is 6.86. The first-order chi connectivity index (χ1) is 9.90. The molecule has 0 spiro atoms. The van der Waals surface area contributed by atoms with Gasteiger partial charge in [0.25, 0.3) is 0 Å². The number of aliphatic carboxylic acids is 1. The molecular weight excluding hydrogens is 290 g/mol. The SMILES string of the molecule is CC(C)N(CCCC(=O)O)C(=O)/C=C/c1cccc(Cl)c1. The maximum absolute atomic E-state index is 12.2. The van der Waals surface area contributed by atoms with Gasteiger partial charge in [-0.15, -0.1) is 0 Å². The maximum Gasteiger partial charge on any atom is 0.303 e. The van der Waals surface area contributed by atoms with Gasteiger partial charge in [-0.25, -0.2) is 0 Å². The second-order valence-electron chi connectivity index (χ2n) is 5.01. The largest absolute Gasteiger partial charge is 0.481 e. The summed E-state index contributed by atoms with van der Waals surface area (Å²) in [5.74, 6) is -0.976. The predicted octanol–water partition coefficient (Wildman–Crippen LogP) is 3.46. The van der Waals surface area contributed by atoms with E-state index in [4.69, 9.17) is 16.7 Å². The zero-order valence-corrected chi connectivity index (χ0v) is 13.0. The number of carbonyl (C=O) groups excluding carboxylic acids is 1. The highest BCUT2D eigenvalue weighted by atomic mass is 35.5. The van der Waals surface area contributed by atoms with Crippen LogP contribution in [0, 0.1) is 0 Å². The third-order valence-electron chi connectivity index (χ3n) is 2.96. The van der Waals surface area contributed by atoms with Crippen molar-refractivity contribution < 1.29 is 14.7 Å². The highest BCUT2D eigenvalue weighted by Crippen LogP contribution is 2.12. The minimum atomic E-state index is -0.847. The lowest BCUT2D eigenvalue weighted by Gasteiger charge is -2.25. The molecule has 0 saturated heterocycles. The number of rotatable bonds is 7. The summed E-state index contributed by atoms with van der Waals surface area (Å²) in [4.78, 5) is 24.4. The van der Waals surface area contributed by atoms with Crippen molar-refractivity contribution in [3.63, 3.8) is 0 Å². The van der Waals surface area contributed by atoms with E-state index in [1.54, 1.807) is 23.1 Å². The number of carbonyl (C=O) groups is 2. The fourth-order valence-corrected chi connectivity index (χ4v) is 2.10. The third kappa shape index (κ3) is 6.45. The zero-order chi connectivity index (χ0) is 15.8. The molecule has 0 aliphatic carbocycles. The average molecular weight is 310 g/mol. The second-order valence-corrected chi connectivity index (χ2v) is 5.45. The molecule has 1 N–H and O–H groups in total. The van der Waals surface area contributed by atoms with Crippen molar-refractivity contribution in [3.05, 3.63) is 40.9 Å². The number of benzene rings is 1. The molecular formula is C16H20ClNO3. The molecule has 0 saturated carbocycles. The van der Waals surface area contributed by atoms with Crippen molar-refractivity contribution in [2.75, 3.05) is 6.54 Å². The second kappa shape index (κ2) is 8.47. The van der Waals surface area contributed by atoms with Crippen LogP contribution in [-0.4, -0.2) is 34.5 Å². The molecule has 1 aromatic carbocycles. The van der Waals surface area contributed by atoms with Crippen molar-refractivity contribution in [1.82, 2.24) is 4.90 Å². The van der Waals surface area contributed by atoms with Gasteiger partial charge in [0.1, 0.15) is 0 Å². The molecule has 1 aromatic rings. The van der Waals surface area contributed by atoms with Crippen molar-refractivity contribution in [2.45, 2.75) is 32.7 Å². The summed E-state index contributed by atoms with van der Waals surface area (Å²) in [5.41, 5.74) is 0.852. The van der Waals surface area contributed by atoms with Gasteiger partial charge >= 0.3 is 5.97 Å². The van der Waals surface area contributed by atoms with Crippen LogP contribution in [0.3, 0.4) is 0 Å². The lowest BCUT2D eigenvalue weighted by molar-refractivity contribution is -0.138. The summed E-state index contributed by atoms with van der Waals surface area (Å²) >= 11 is 5.89. The Morgan fingerprint density at radius 1 is 1.38 bits per heavy atom. The summed E-state index contributed by atoms with van der Waals surface area (Å²) in [7, 11) is 0. The Hall–Kier alpha value is -1.81. The van der Waals surface area contributed by atoms with Gasteiger partial charge in [-0.2, -0.15) is 0 Å². The van der Waals surface area contributed by atoms with Crippen LogP contribution in [0.15, 0.2) is 30.3 Å².